The zero-order valence-electron chi connectivity index (χ0n) is 19.1. The van der Waals surface area contributed by atoms with Crippen LogP contribution in [0.5, 0.6) is 0 Å². The Balaban J connectivity index is 1.27. The molecular weight excluding hydrogens is 418 g/mol. The summed E-state index contributed by atoms with van der Waals surface area (Å²) in [5.74, 6) is 0.220. The van der Waals surface area contributed by atoms with E-state index in [1.165, 1.54) is 16.5 Å². The molecule has 2 aromatic heterocycles. The van der Waals surface area contributed by atoms with E-state index in [0.717, 1.165) is 65.7 Å². The number of anilines is 1. The summed E-state index contributed by atoms with van der Waals surface area (Å²) < 4.78 is 0. The van der Waals surface area contributed by atoms with Crippen LogP contribution in [0.2, 0.25) is 0 Å². The Morgan fingerprint density at radius 2 is 1.74 bits per heavy atom. The maximum atomic E-state index is 13.2. The van der Waals surface area contributed by atoms with Crippen molar-refractivity contribution in [3.05, 3.63) is 96.1 Å². The third-order valence-electron chi connectivity index (χ3n) is 6.90. The van der Waals surface area contributed by atoms with Crippen molar-refractivity contribution in [2.24, 2.45) is 0 Å². The summed E-state index contributed by atoms with van der Waals surface area (Å²) in [7, 11) is 0. The molecule has 0 bridgehead atoms. The van der Waals surface area contributed by atoms with Gasteiger partial charge in [0.2, 0.25) is 5.91 Å². The van der Waals surface area contributed by atoms with Gasteiger partial charge in [0.15, 0.2) is 0 Å². The summed E-state index contributed by atoms with van der Waals surface area (Å²) in [5.41, 5.74) is 7.71. The van der Waals surface area contributed by atoms with Gasteiger partial charge in [0.25, 0.3) is 0 Å². The van der Waals surface area contributed by atoms with E-state index in [-0.39, 0.29) is 5.91 Å². The molecule has 1 N–H and O–H groups in total. The van der Waals surface area contributed by atoms with E-state index in [2.05, 4.69) is 71.7 Å². The lowest BCUT2D eigenvalue weighted by atomic mass is 9.99. The second-order valence-corrected chi connectivity index (χ2v) is 9.04. The number of aromatic nitrogens is 2. The molecule has 1 amide bonds. The molecule has 0 atom stereocenters. The summed E-state index contributed by atoms with van der Waals surface area (Å²) in [5, 5.41) is 2.35. The first-order chi connectivity index (χ1) is 16.8. The van der Waals surface area contributed by atoms with E-state index in [1.54, 1.807) is 0 Å². The van der Waals surface area contributed by atoms with Crippen LogP contribution in [0, 0.1) is 0 Å². The normalized spacial score (nSPS) is 13.4. The van der Waals surface area contributed by atoms with Gasteiger partial charge in [-0.2, -0.15) is 0 Å². The summed E-state index contributed by atoms with van der Waals surface area (Å²) >= 11 is 0. The second kappa shape index (κ2) is 8.79. The van der Waals surface area contributed by atoms with Gasteiger partial charge in [-0.25, -0.2) is 4.98 Å². The molecule has 0 spiro atoms. The Bertz CT molecular complexity index is 1500. The van der Waals surface area contributed by atoms with E-state index >= 15 is 0 Å². The summed E-state index contributed by atoms with van der Waals surface area (Å²) in [6.45, 7) is 0.815. The minimum atomic E-state index is 0.220. The quantitative estimate of drug-likeness (QED) is 0.328. The predicted molar refractivity (Wildman–Crippen MR) is 139 cm³/mol. The molecule has 0 saturated heterocycles. The van der Waals surface area contributed by atoms with Crippen LogP contribution in [0.3, 0.4) is 0 Å². The fourth-order valence-corrected chi connectivity index (χ4v) is 5.23. The number of para-hydroxylation sites is 3. The van der Waals surface area contributed by atoms with Crippen LogP contribution in [0.1, 0.15) is 30.4 Å². The number of pyridine rings is 1. The van der Waals surface area contributed by atoms with E-state index in [0.29, 0.717) is 6.42 Å². The van der Waals surface area contributed by atoms with Crippen molar-refractivity contribution in [3.8, 4) is 11.4 Å². The summed E-state index contributed by atoms with van der Waals surface area (Å²) in [6, 6.07) is 29.1. The Kier molecular flexibility index (Phi) is 5.34. The van der Waals surface area contributed by atoms with Crippen molar-refractivity contribution in [2.75, 3.05) is 11.4 Å². The number of carbonyl (C=O) groups is 1. The van der Waals surface area contributed by atoms with Gasteiger partial charge < -0.3 is 9.88 Å². The fraction of sp³-hybridized carbons (Fsp3) is 0.200. The molecule has 34 heavy (non-hydrogen) atoms. The van der Waals surface area contributed by atoms with Gasteiger partial charge in [0.05, 0.1) is 16.9 Å². The van der Waals surface area contributed by atoms with Gasteiger partial charge in [0, 0.05) is 34.9 Å². The van der Waals surface area contributed by atoms with Crippen LogP contribution >= 0.6 is 0 Å². The van der Waals surface area contributed by atoms with E-state index in [4.69, 9.17) is 4.98 Å². The third-order valence-corrected chi connectivity index (χ3v) is 6.90. The monoisotopic (exact) mass is 445 g/mol. The Labute approximate surface area is 199 Å². The predicted octanol–water partition coefficient (Wildman–Crippen LogP) is 6.69. The average Bonchev–Trinajstić information content (AvgIpc) is 3.26. The molecule has 1 aliphatic rings. The first-order valence-electron chi connectivity index (χ1n) is 12.1. The van der Waals surface area contributed by atoms with Gasteiger partial charge >= 0.3 is 0 Å². The van der Waals surface area contributed by atoms with Crippen LogP contribution < -0.4 is 4.90 Å². The van der Waals surface area contributed by atoms with E-state index < -0.39 is 0 Å². The molecule has 6 rings (SSSR count). The number of nitrogens with zero attached hydrogens (tertiary/aromatic N) is 2. The zero-order valence-corrected chi connectivity index (χ0v) is 19.1. The molecule has 0 fully saturated rings. The molecule has 168 valence electrons. The molecular formula is C30H27N3O. The zero-order chi connectivity index (χ0) is 22.9. The minimum absolute atomic E-state index is 0.220. The first kappa shape index (κ1) is 20.7. The van der Waals surface area contributed by atoms with Crippen LogP contribution in [0.15, 0.2) is 84.9 Å². The van der Waals surface area contributed by atoms with Crippen molar-refractivity contribution < 1.29 is 4.79 Å². The van der Waals surface area contributed by atoms with Gasteiger partial charge in [-0.1, -0.05) is 60.7 Å². The smallest absolute Gasteiger partial charge is 0.226 e. The van der Waals surface area contributed by atoms with Gasteiger partial charge in [-0.05, 0) is 61.1 Å². The number of aromatic amines is 1. The number of amides is 1. The number of benzene rings is 3. The Hall–Kier alpha value is -3.92. The first-order valence-corrected chi connectivity index (χ1v) is 12.1. The van der Waals surface area contributed by atoms with E-state index in [9.17, 15) is 4.79 Å². The standard InChI is InChI=1S/C30H27N3O/c34-29(33-20-8-11-22-10-2-6-16-28(22)33)17-7-13-24-23-12-3-5-15-26(23)32-30(24)27-19-18-21-9-1-4-14-25(21)31-27/h1-6,9-10,12,14-16,18-19,32H,7-8,11,13,17,20H2. The Morgan fingerprint density at radius 3 is 2.71 bits per heavy atom. The molecule has 0 radical (unpaired) electrons. The molecule has 4 nitrogen and oxygen atoms in total. The lowest BCUT2D eigenvalue weighted by molar-refractivity contribution is -0.118. The fourth-order valence-electron chi connectivity index (χ4n) is 5.23. The highest BCUT2D eigenvalue weighted by Crippen LogP contribution is 2.32. The molecule has 1 aliphatic heterocycles. The lowest BCUT2D eigenvalue weighted by Crippen LogP contribution is -2.35. The van der Waals surface area contributed by atoms with E-state index in [1.807, 2.05) is 23.1 Å². The number of rotatable bonds is 5. The highest BCUT2D eigenvalue weighted by Gasteiger charge is 2.22. The van der Waals surface area contributed by atoms with Gasteiger partial charge in [0.1, 0.15) is 0 Å². The molecule has 0 saturated carbocycles. The van der Waals surface area contributed by atoms with Crippen molar-refractivity contribution in [1.29, 1.82) is 0 Å². The average molecular weight is 446 g/mol. The number of hydrogen-bond acceptors (Lipinski definition) is 2. The second-order valence-electron chi connectivity index (χ2n) is 9.04. The summed E-state index contributed by atoms with van der Waals surface area (Å²) in [6.07, 6.45) is 4.26. The SMILES string of the molecule is O=C(CCCc1c(-c2ccc3ccccc3n2)[nH]c2ccccc12)N1CCCc2ccccc21. The number of fused-ring (bicyclic) bond motifs is 3. The van der Waals surface area contributed by atoms with Crippen LogP contribution in [-0.4, -0.2) is 22.4 Å². The maximum Gasteiger partial charge on any atom is 0.226 e. The van der Waals surface area contributed by atoms with Crippen LogP contribution in [-0.2, 0) is 17.6 Å². The Morgan fingerprint density at radius 1 is 0.912 bits per heavy atom. The van der Waals surface area contributed by atoms with Crippen LogP contribution in [0.4, 0.5) is 5.69 Å². The number of aryl methyl sites for hydroxylation is 2. The highest BCUT2D eigenvalue weighted by atomic mass is 16.2. The van der Waals surface area contributed by atoms with Crippen molar-refractivity contribution in [1.82, 2.24) is 9.97 Å². The highest BCUT2D eigenvalue weighted by molar-refractivity contribution is 5.95. The van der Waals surface area contributed by atoms with Gasteiger partial charge in [-0.3, -0.25) is 4.79 Å². The number of H-pyrrole nitrogens is 1. The topological polar surface area (TPSA) is 49.0 Å². The number of nitrogens with one attached hydrogen (secondary N) is 1. The van der Waals surface area contributed by atoms with Crippen LogP contribution in [0.25, 0.3) is 33.2 Å². The lowest BCUT2D eigenvalue weighted by Gasteiger charge is -2.29. The largest absolute Gasteiger partial charge is 0.353 e. The third kappa shape index (κ3) is 3.75. The molecule has 4 heteroatoms. The maximum absolute atomic E-state index is 13.2. The molecule has 0 aliphatic carbocycles. The minimum Gasteiger partial charge on any atom is -0.353 e. The number of hydrogen-bond donors (Lipinski definition) is 1. The molecule has 3 heterocycles. The molecule has 5 aromatic rings. The van der Waals surface area contributed by atoms with Gasteiger partial charge in [-0.15, -0.1) is 0 Å². The number of carbonyl (C=O) groups excluding carboxylic acids is 1. The summed E-state index contributed by atoms with van der Waals surface area (Å²) in [4.78, 5) is 23.7. The van der Waals surface area contributed by atoms with Crippen molar-refractivity contribution in [2.45, 2.75) is 32.1 Å². The van der Waals surface area contributed by atoms with Crippen molar-refractivity contribution >= 4 is 33.4 Å². The molecule has 0 unspecified atom stereocenters. The molecule has 3 aromatic carbocycles. The van der Waals surface area contributed by atoms with Crippen molar-refractivity contribution in [3.63, 3.8) is 0 Å².